The number of amides is 2. The summed E-state index contributed by atoms with van der Waals surface area (Å²) in [5, 5.41) is 4.08. The predicted molar refractivity (Wildman–Crippen MR) is 109 cm³/mol. The van der Waals surface area contributed by atoms with Gasteiger partial charge >= 0.3 is 0 Å². The molecule has 154 valence electrons. The van der Waals surface area contributed by atoms with Crippen LogP contribution in [0.1, 0.15) is 12.5 Å². The fourth-order valence-corrected chi connectivity index (χ4v) is 2.13. The molecule has 29 heavy (non-hydrogen) atoms. The Hall–Kier alpha value is -3.55. The van der Waals surface area contributed by atoms with Crippen LogP contribution >= 0.6 is 0 Å². The van der Waals surface area contributed by atoms with E-state index in [-0.39, 0.29) is 25.0 Å². The maximum absolute atomic E-state index is 11.9. The summed E-state index contributed by atoms with van der Waals surface area (Å²) in [6, 6.07) is 14.0. The zero-order chi connectivity index (χ0) is 21.2. The van der Waals surface area contributed by atoms with Gasteiger partial charge < -0.3 is 19.1 Å². The maximum atomic E-state index is 11.9. The lowest BCUT2D eigenvalue weighted by atomic mass is 10.1. The molecule has 0 bridgehead atoms. The highest BCUT2D eigenvalue weighted by Gasteiger charge is 2.06. The quantitative estimate of drug-likeness (QED) is 0.515. The van der Waals surface area contributed by atoms with Gasteiger partial charge in [-0.3, -0.25) is 9.59 Å². The Morgan fingerprint density at radius 3 is 1.97 bits per heavy atom. The topological polar surface area (TPSA) is 89.5 Å². The van der Waals surface area contributed by atoms with Gasteiger partial charge in [0.2, 0.25) is 0 Å². The summed E-state index contributed by atoms with van der Waals surface area (Å²) in [6.07, 6.45) is 0. The zero-order valence-electron chi connectivity index (χ0n) is 17.0. The van der Waals surface area contributed by atoms with Crippen molar-refractivity contribution in [1.29, 1.82) is 0 Å². The number of nitrogens with one attached hydrogen (secondary N) is 1. The number of hydrazone groups is 1. The fraction of sp³-hybridized carbons (Fsp3) is 0.286. The van der Waals surface area contributed by atoms with E-state index in [1.807, 2.05) is 0 Å². The van der Waals surface area contributed by atoms with Crippen LogP contribution in [0, 0.1) is 0 Å². The minimum atomic E-state index is -0.373. The lowest BCUT2D eigenvalue weighted by molar-refractivity contribution is -0.130. The van der Waals surface area contributed by atoms with E-state index >= 15 is 0 Å². The minimum Gasteiger partial charge on any atom is -0.497 e. The van der Waals surface area contributed by atoms with E-state index < -0.39 is 0 Å². The molecule has 0 aliphatic carbocycles. The molecule has 0 aliphatic rings. The van der Waals surface area contributed by atoms with Crippen LogP contribution < -0.4 is 19.6 Å². The average Bonchev–Trinajstić information content (AvgIpc) is 2.74. The van der Waals surface area contributed by atoms with Crippen molar-refractivity contribution in [2.75, 3.05) is 34.4 Å². The number of ether oxygens (including phenoxy) is 3. The van der Waals surface area contributed by atoms with Crippen LogP contribution in [0.15, 0.2) is 53.6 Å². The number of carbonyl (C=O) groups excluding carboxylic acids is 2. The molecule has 0 spiro atoms. The summed E-state index contributed by atoms with van der Waals surface area (Å²) >= 11 is 0. The Morgan fingerprint density at radius 1 is 0.897 bits per heavy atom. The number of rotatable bonds is 9. The van der Waals surface area contributed by atoms with Crippen LogP contribution in [0.4, 0.5) is 0 Å². The third kappa shape index (κ3) is 7.17. The number of methoxy groups -OCH3 is 1. The smallest absolute Gasteiger partial charge is 0.277 e. The molecular weight excluding hydrogens is 374 g/mol. The van der Waals surface area contributed by atoms with Crippen LogP contribution in [-0.2, 0) is 9.59 Å². The van der Waals surface area contributed by atoms with Crippen molar-refractivity contribution in [3.63, 3.8) is 0 Å². The third-order valence-electron chi connectivity index (χ3n) is 3.91. The molecular formula is C21H25N3O5. The highest BCUT2D eigenvalue weighted by Crippen LogP contribution is 2.17. The molecule has 0 heterocycles. The van der Waals surface area contributed by atoms with Crippen molar-refractivity contribution >= 4 is 17.5 Å². The van der Waals surface area contributed by atoms with E-state index in [2.05, 4.69) is 10.5 Å². The fourth-order valence-electron chi connectivity index (χ4n) is 2.13. The van der Waals surface area contributed by atoms with Gasteiger partial charge in [0, 0.05) is 14.1 Å². The van der Waals surface area contributed by atoms with Crippen LogP contribution in [0.3, 0.4) is 0 Å². The van der Waals surface area contributed by atoms with E-state index in [0.717, 1.165) is 5.56 Å². The summed E-state index contributed by atoms with van der Waals surface area (Å²) in [4.78, 5) is 24.9. The minimum absolute atomic E-state index is 0.0241. The molecule has 0 radical (unpaired) electrons. The van der Waals surface area contributed by atoms with Gasteiger partial charge in [0.1, 0.15) is 17.2 Å². The molecule has 0 unspecified atom stereocenters. The molecule has 2 aromatic carbocycles. The van der Waals surface area contributed by atoms with Gasteiger partial charge in [0.05, 0.1) is 12.8 Å². The van der Waals surface area contributed by atoms with Gasteiger partial charge in [0.15, 0.2) is 13.2 Å². The average molecular weight is 399 g/mol. The zero-order valence-corrected chi connectivity index (χ0v) is 17.0. The van der Waals surface area contributed by atoms with E-state index in [1.165, 1.54) is 4.90 Å². The molecule has 0 saturated carbocycles. The lowest BCUT2D eigenvalue weighted by Gasteiger charge is -2.11. The molecule has 0 atom stereocenters. The molecule has 2 rings (SSSR count). The van der Waals surface area contributed by atoms with Crippen molar-refractivity contribution in [2.24, 2.45) is 5.10 Å². The standard InChI is InChI=1S/C21H25N3O5/c1-15(16-5-7-18(8-6-16)29-14-21(26)24(2)3)22-23-20(25)13-28-19-11-9-17(27-4)10-12-19/h5-12H,13-14H2,1-4H3,(H,23,25)/b22-15-. The van der Waals surface area contributed by atoms with Gasteiger partial charge in [-0.2, -0.15) is 5.10 Å². The maximum Gasteiger partial charge on any atom is 0.277 e. The van der Waals surface area contributed by atoms with E-state index in [0.29, 0.717) is 23.0 Å². The normalized spacial score (nSPS) is 10.8. The Kier molecular flexibility index (Phi) is 8.02. The Morgan fingerprint density at radius 2 is 1.41 bits per heavy atom. The highest BCUT2D eigenvalue weighted by atomic mass is 16.5. The first-order valence-corrected chi connectivity index (χ1v) is 8.92. The number of benzene rings is 2. The summed E-state index contributed by atoms with van der Waals surface area (Å²) in [5.41, 5.74) is 3.90. The van der Waals surface area contributed by atoms with Gasteiger partial charge in [-0.05, 0) is 61.0 Å². The van der Waals surface area contributed by atoms with Crippen molar-refractivity contribution in [3.8, 4) is 17.2 Å². The molecule has 8 nitrogen and oxygen atoms in total. The summed E-state index contributed by atoms with van der Waals surface area (Å²) in [5.74, 6) is 1.36. The van der Waals surface area contributed by atoms with Gasteiger partial charge in [-0.1, -0.05) is 0 Å². The molecule has 0 aromatic heterocycles. The second kappa shape index (κ2) is 10.7. The van der Waals surface area contributed by atoms with E-state index in [1.54, 1.807) is 76.7 Å². The van der Waals surface area contributed by atoms with Crippen LogP contribution in [0.5, 0.6) is 17.2 Å². The largest absolute Gasteiger partial charge is 0.497 e. The predicted octanol–water partition coefficient (Wildman–Crippen LogP) is 2.08. The second-order valence-corrected chi connectivity index (χ2v) is 6.30. The Balaban J connectivity index is 1.81. The third-order valence-corrected chi connectivity index (χ3v) is 3.91. The van der Waals surface area contributed by atoms with Crippen LogP contribution in [0.25, 0.3) is 0 Å². The highest BCUT2D eigenvalue weighted by molar-refractivity contribution is 5.99. The van der Waals surface area contributed by atoms with Crippen molar-refractivity contribution in [1.82, 2.24) is 10.3 Å². The number of likely N-dealkylation sites (N-methyl/N-ethyl adjacent to an activating group) is 1. The van der Waals surface area contributed by atoms with Crippen molar-refractivity contribution in [2.45, 2.75) is 6.92 Å². The molecule has 8 heteroatoms. The molecule has 0 aliphatic heterocycles. The van der Waals surface area contributed by atoms with Crippen LogP contribution in [-0.4, -0.2) is 56.8 Å². The molecule has 0 fully saturated rings. The molecule has 2 amide bonds. The van der Waals surface area contributed by atoms with Gasteiger partial charge in [0.25, 0.3) is 11.8 Å². The summed E-state index contributed by atoms with van der Waals surface area (Å²) in [6.45, 7) is 1.59. The summed E-state index contributed by atoms with van der Waals surface area (Å²) < 4.78 is 15.9. The molecule has 1 N–H and O–H groups in total. The van der Waals surface area contributed by atoms with Gasteiger partial charge in [-0.15, -0.1) is 0 Å². The van der Waals surface area contributed by atoms with Crippen LogP contribution in [0.2, 0.25) is 0 Å². The number of hydrogen-bond acceptors (Lipinski definition) is 6. The molecule has 2 aromatic rings. The number of carbonyl (C=O) groups is 2. The van der Waals surface area contributed by atoms with Crippen molar-refractivity contribution in [3.05, 3.63) is 54.1 Å². The monoisotopic (exact) mass is 399 g/mol. The van der Waals surface area contributed by atoms with E-state index in [9.17, 15) is 9.59 Å². The first-order chi connectivity index (χ1) is 13.9. The number of hydrogen-bond donors (Lipinski definition) is 1. The van der Waals surface area contributed by atoms with E-state index in [4.69, 9.17) is 14.2 Å². The molecule has 0 saturated heterocycles. The Bertz CT molecular complexity index is 846. The first-order valence-electron chi connectivity index (χ1n) is 8.92. The summed E-state index contributed by atoms with van der Waals surface area (Å²) in [7, 11) is 4.92. The van der Waals surface area contributed by atoms with Crippen molar-refractivity contribution < 1.29 is 23.8 Å². The van der Waals surface area contributed by atoms with Gasteiger partial charge in [-0.25, -0.2) is 5.43 Å². The first kappa shape index (κ1) is 21.7. The lowest BCUT2D eigenvalue weighted by Crippen LogP contribution is -2.27. The number of nitrogens with zero attached hydrogens (tertiary/aromatic N) is 2. The second-order valence-electron chi connectivity index (χ2n) is 6.30. The SMILES string of the molecule is COc1ccc(OCC(=O)N/N=C(/C)c2ccc(OCC(=O)N(C)C)cc2)cc1. The Labute approximate surface area is 170 Å².